The summed E-state index contributed by atoms with van der Waals surface area (Å²) in [6.45, 7) is 3.91. The molecule has 0 aliphatic heterocycles. The summed E-state index contributed by atoms with van der Waals surface area (Å²) in [6.07, 6.45) is 0. The van der Waals surface area contributed by atoms with Gasteiger partial charge in [-0.25, -0.2) is 9.18 Å². The predicted octanol–water partition coefficient (Wildman–Crippen LogP) is 2.70. The molecule has 1 heterocycles. The lowest BCUT2D eigenvalue weighted by Gasteiger charge is -2.07. The van der Waals surface area contributed by atoms with E-state index in [0.29, 0.717) is 11.3 Å². The zero-order chi connectivity index (χ0) is 12.4. The van der Waals surface area contributed by atoms with Gasteiger partial charge in [-0.1, -0.05) is 26.0 Å². The average molecular weight is 232 g/mol. The van der Waals surface area contributed by atoms with E-state index in [-0.39, 0.29) is 11.7 Å². The first-order chi connectivity index (χ1) is 8.08. The van der Waals surface area contributed by atoms with E-state index in [2.05, 4.69) is 9.97 Å². The number of benzene rings is 1. The Morgan fingerprint density at radius 1 is 1.29 bits per heavy atom. The van der Waals surface area contributed by atoms with Crippen LogP contribution in [0.5, 0.6) is 0 Å². The molecule has 0 saturated carbocycles. The highest BCUT2D eigenvalue weighted by Crippen LogP contribution is 2.21. The van der Waals surface area contributed by atoms with Crippen LogP contribution in [-0.4, -0.2) is 9.97 Å². The van der Waals surface area contributed by atoms with Gasteiger partial charge >= 0.3 is 5.69 Å². The number of nitrogens with one attached hydrogen (secondary N) is 1. The largest absolute Gasteiger partial charge is 0.345 e. The molecular weight excluding hydrogens is 219 g/mol. The van der Waals surface area contributed by atoms with E-state index in [1.165, 1.54) is 6.07 Å². The maximum atomic E-state index is 13.6. The molecule has 0 fully saturated rings. The van der Waals surface area contributed by atoms with Crippen LogP contribution in [0.2, 0.25) is 0 Å². The third-order valence-corrected chi connectivity index (χ3v) is 2.54. The Bertz CT molecular complexity index is 590. The maximum absolute atomic E-state index is 13.6. The number of aromatic nitrogens is 2. The monoisotopic (exact) mass is 232 g/mol. The van der Waals surface area contributed by atoms with Crippen LogP contribution in [0.25, 0.3) is 11.3 Å². The van der Waals surface area contributed by atoms with Gasteiger partial charge < -0.3 is 4.98 Å². The van der Waals surface area contributed by atoms with E-state index < -0.39 is 5.69 Å². The fourth-order valence-corrected chi connectivity index (χ4v) is 1.59. The number of H-pyrrole nitrogens is 1. The number of halogens is 1. The van der Waals surface area contributed by atoms with Crippen LogP contribution >= 0.6 is 0 Å². The van der Waals surface area contributed by atoms with Gasteiger partial charge in [-0.05, 0) is 24.1 Å². The number of nitrogens with zero attached hydrogens (tertiary/aromatic N) is 1. The highest BCUT2D eigenvalue weighted by atomic mass is 19.1. The van der Waals surface area contributed by atoms with Crippen molar-refractivity contribution in [3.05, 3.63) is 52.3 Å². The van der Waals surface area contributed by atoms with Crippen molar-refractivity contribution in [2.45, 2.75) is 19.8 Å². The minimum Gasteiger partial charge on any atom is -0.310 e. The summed E-state index contributed by atoms with van der Waals surface area (Å²) < 4.78 is 13.6. The van der Waals surface area contributed by atoms with Gasteiger partial charge in [0.25, 0.3) is 0 Å². The van der Waals surface area contributed by atoms with E-state index in [0.717, 1.165) is 5.69 Å². The van der Waals surface area contributed by atoms with Crippen molar-refractivity contribution in [2.24, 2.45) is 0 Å². The Labute approximate surface area is 98.3 Å². The maximum Gasteiger partial charge on any atom is 0.345 e. The van der Waals surface area contributed by atoms with Crippen LogP contribution in [-0.2, 0) is 0 Å². The minimum absolute atomic E-state index is 0.163. The highest BCUT2D eigenvalue weighted by Gasteiger charge is 2.09. The first-order valence-electron chi connectivity index (χ1n) is 5.44. The summed E-state index contributed by atoms with van der Waals surface area (Å²) in [5.74, 6) is -0.212. The van der Waals surface area contributed by atoms with Gasteiger partial charge in [-0.2, -0.15) is 4.98 Å². The van der Waals surface area contributed by atoms with E-state index in [1.807, 2.05) is 13.8 Å². The smallest absolute Gasteiger partial charge is 0.310 e. The van der Waals surface area contributed by atoms with E-state index in [4.69, 9.17) is 0 Å². The minimum atomic E-state index is -0.450. The molecule has 0 spiro atoms. The zero-order valence-corrected chi connectivity index (χ0v) is 9.70. The van der Waals surface area contributed by atoms with Crippen molar-refractivity contribution in [1.82, 2.24) is 9.97 Å². The van der Waals surface area contributed by atoms with Crippen LogP contribution in [0.1, 0.15) is 25.5 Å². The van der Waals surface area contributed by atoms with E-state index >= 15 is 0 Å². The molecule has 3 nitrogen and oxygen atoms in total. The Balaban J connectivity index is 2.60. The van der Waals surface area contributed by atoms with Gasteiger partial charge in [0.2, 0.25) is 0 Å². The Hall–Kier alpha value is -1.97. The van der Waals surface area contributed by atoms with Gasteiger partial charge in [0.05, 0.1) is 5.69 Å². The Morgan fingerprint density at radius 2 is 2.00 bits per heavy atom. The summed E-state index contributed by atoms with van der Waals surface area (Å²) in [6, 6.07) is 8.00. The molecule has 0 amide bonds. The summed E-state index contributed by atoms with van der Waals surface area (Å²) in [7, 11) is 0. The number of rotatable bonds is 2. The van der Waals surface area contributed by atoms with Crippen LogP contribution < -0.4 is 5.69 Å². The van der Waals surface area contributed by atoms with Crippen molar-refractivity contribution in [3.63, 3.8) is 0 Å². The van der Waals surface area contributed by atoms with Gasteiger partial charge in [-0.15, -0.1) is 0 Å². The van der Waals surface area contributed by atoms with Crippen LogP contribution in [0, 0.1) is 5.82 Å². The molecule has 0 aliphatic carbocycles. The molecule has 17 heavy (non-hydrogen) atoms. The predicted molar refractivity (Wildman–Crippen MR) is 64.3 cm³/mol. The topological polar surface area (TPSA) is 45.8 Å². The second-order valence-electron chi connectivity index (χ2n) is 4.16. The third kappa shape index (κ3) is 2.41. The summed E-state index contributed by atoms with van der Waals surface area (Å²) in [4.78, 5) is 17.9. The molecule has 1 aromatic carbocycles. The molecule has 0 bridgehead atoms. The van der Waals surface area contributed by atoms with Gasteiger partial charge in [0, 0.05) is 11.3 Å². The number of aromatic amines is 1. The molecule has 0 unspecified atom stereocenters. The first kappa shape index (κ1) is 11.5. The fourth-order valence-electron chi connectivity index (χ4n) is 1.59. The molecule has 0 saturated heterocycles. The third-order valence-electron chi connectivity index (χ3n) is 2.54. The summed E-state index contributed by atoms with van der Waals surface area (Å²) in [5, 5.41) is 0. The molecule has 88 valence electrons. The van der Waals surface area contributed by atoms with Crippen molar-refractivity contribution in [2.75, 3.05) is 0 Å². The molecule has 2 rings (SSSR count). The van der Waals surface area contributed by atoms with Crippen LogP contribution in [0.3, 0.4) is 0 Å². The molecule has 1 aromatic heterocycles. The van der Waals surface area contributed by atoms with Crippen molar-refractivity contribution >= 4 is 0 Å². The van der Waals surface area contributed by atoms with Gasteiger partial charge in [0.1, 0.15) is 5.82 Å². The SMILES string of the molecule is CC(C)c1cc(-c2ccccc2F)nc(=O)[nH]1. The average Bonchev–Trinajstić information content (AvgIpc) is 2.28. The zero-order valence-electron chi connectivity index (χ0n) is 9.70. The molecule has 2 aromatic rings. The lowest BCUT2D eigenvalue weighted by molar-refractivity contribution is 0.630. The van der Waals surface area contributed by atoms with Crippen molar-refractivity contribution in [1.29, 1.82) is 0 Å². The first-order valence-corrected chi connectivity index (χ1v) is 5.44. The Kier molecular flexibility index (Phi) is 3.04. The highest BCUT2D eigenvalue weighted by molar-refractivity contribution is 5.59. The van der Waals surface area contributed by atoms with Crippen LogP contribution in [0.15, 0.2) is 35.1 Å². The molecule has 0 radical (unpaired) electrons. The fraction of sp³-hybridized carbons (Fsp3) is 0.231. The van der Waals surface area contributed by atoms with E-state index in [1.54, 1.807) is 24.3 Å². The van der Waals surface area contributed by atoms with Gasteiger partial charge in [0.15, 0.2) is 0 Å². The molecule has 1 N–H and O–H groups in total. The second kappa shape index (κ2) is 4.49. The van der Waals surface area contributed by atoms with Crippen molar-refractivity contribution < 1.29 is 4.39 Å². The summed E-state index contributed by atoms with van der Waals surface area (Å²) >= 11 is 0. The van der Waals surface area contributed by atoms with E-state index in [9.17, 15) is 9.18 Å². The molecule has 4 heteroatoms. The molecule has 0 aliphatic rings. The quantitative estimate of drug-likeness (QED) is 0.865. The normalized spacial score (nSPS) is 10.8. The Morgan fingerprint density at radius 3 is 2.65 bits per heavy atom. The molecule has 0 atom stereocenters. The van der Waals surface area contributed by atoms with Crippen LogP contribution in [0.4, 0.5) is 4.39 Å². The standard InChI is InChI=1S/C13H13FN2O/c1-8(2)11-7-12(16-13(17)15-11)9-5-3-4-6-10(9)14/h3-8H,1-2H3,(H,15,16,17). The number of hydrogen-bond acceptors (Lipinski definition) is 2. The second-order valence-corrected chi connectivity index (χ2v) is 4.16. The summed E-state index contributed by atoms with van der Waals surface area (Å²) in [5.41, 5.74) is 1.02. The lowest BCUT2D eigenvalue weighted by Crippen LogP contribution is -2.14. The number of hydrogen-bond donors (Lipinski definition) is 1. The molecular formula is C13H13FN2O. The van der Waals surface area contributed by atoms with Crippen molar-refractivity contribution in [3.8, 4) is 11.3 Å². The lowest BCUT2D eigenvalue weighted by atomic mass is 10.1. The van der Waals surface area contributed by atoms with Gasteiger partial charge in [-0.3, -0.25) is 0 Å².